The van der Waals surface area contributed by atoms with Crippen LogP contribution in [0.4, 0.5) is 0 Å². The zero-order valence-electron chi connectivity index (χ0n) is 22.9. The summed E-state index contributed by atoms with van der Waals surface area (Å²) >= 11 is 0. The molecule has 14 atom stereocenters. The van der Waals surface area contributed by atoms with Crippen LogP contribution in [0.2, 0.25) is 0 Å². The molecule has 4 aliphatic rings. The number of aliphatic hydroxyl groups excluding tert-OH is 4. The third-order valence-electron chi connectivity index (χ3n) is 12.1. The predicted molar refractivity (Wildman–Crippen MR) is 137 cm³/mol. The highest BCUT2D eigenvalue weighted by Crippen LogP contribution is 2.68. The molecule has 0 aromatic heterocycles. The second kappa shape index (κ2) is 9.15. The molecule has 0 heterocycles. The fraction of sp³-hybridized carbons (Fsp3) is 0.933. The van der Waals surface area contributed by atoms with E-state index in [1.165, 1.54) is 12.0 Å². The Labute approximate surface area is 208 Å². The van der Waals surface area contributed by atoms with Crippen LogP contribution in [0.25, 0.3) is 0 Å². The van der Waals surface area contributed by atoms with E-state index in [2.05, 4.69) is 54.5 Å². The van der Waals surface area contributed by atoms with Gasteiger partial charge in [0.25, 0.3) is 0 Å². The zero-order valence-corrected chi connectivity index (χ0v) is 22.9. The van der Waals surface area contributed by atoms with Crippen molar-refractivity contribution in [1.29, 1.82) is 0 Å². The molecule has 4 saturated carbocycles. The number of rotatable bonds is 4. The van der Waals surface area contributed by atoms with Gasteiger partial charge in [-0.1, -0.05) is 60.1 Å². The van der Waals surface area contributed by atoms with Gasteiger partial charge >= 0.3 is 0 Å². The van der Waals surface area contributed by atoms with Crippen molar-refractivity contribution >= 4 is 0 Å². The van der Waals surface area contributed by atoms with E-state index in [-0.39, 0.29) is 29.1 Å². The van der Waals surface area contributed by atoms with Gasteiger partial charge in [-0.3, -0.25) is 0 Å². The highest BCUT2D eigenvalue weighted by molar-refractivity contribution is 5.18. The van der Waals surface area contributed by atoms with Crippen molar-refractivity contribution in [3.63, 3.8) is 0 Å². The number of allylic oxidation sites excluding steroid dienone is 2. The van der Waals surface area contributed by atoms with E-state index in [0.29, 0.717) is 42.4 Å². The molecule has 0 aromatic rings. The summed E-state index contributed by atoms with van der Waals surface area (Å²) in [5, 5.41) is 45.0. The first kappa shape index (κ1) is 26.6. The molecule has 4 aliphatic carbocycles. The van der Waals surface area contributed by atoms with Crippen LogP contribution < -0.4 is 0 Å². The summed E-state index contributed by atoms with van der Waals surface area (Å²) in [4.78, 5) is 0. The second-order valence-corrected chi connectivity index (χ2v) is 13.9. The lowest BCUT2D eigenvalue weighted by atomic mass is 9.41. The van der Waals surface area contributed by atoms with Gasteiger partial charge < -0.3 is 20.4 Å². The van der Waals surface area contributed by atoms with Gasteiger partial charge in [-0.15, -0.1) is 0 Å². The molecule has 0 saturated heterocycles. The molecule has 0 aliphatic heterocycles. The van der Waals surface area contributed by atoms with E-state index < -0.39 is 29.8 Å². The van der Waals surface area contributed by atoms with Crippen molar-refractivity contribution < 1.29 is 20.4 Å². The minimum absolute atomic E-state index is 0.0174. The number of fused-ring (bicyclic) bond motifs is 5. The van der Waals surface area contributed by atoms with Crippen LogP contribution >= 0.6 is 0 Å². The number of hydrogen-bond acceptors (Lipinski definition) is 4. The Morgan fingerprint density at radius 3 is 2.15 bits per heavy atom. The largest absolute Gasteiger partial charge is 0.393 e. The molecule has 196 valence electrons. The summed E-state index contributed by atoms with van der Waals surface area (Å²) in [7, 11) is 0. The Morgan fingerprint density at radius 2 is 1.53 bits per heavy atom. The molecular formula is C30H52O4. The molecule has 0 bridgehead atoms. The SMILES string of the molecule is C/C(=C\[C@@H](C)[C@H]1CC[C@H]2[C@@H]3C[C@@H](O)[C@H]4[C@H](C)[C@@H](O)C[C@H](O)[C@]4(C)[C@H]3[C@H](O)C[C@]12C)[C@H](C)C(C)C. The van der Waals surface area contributed by atoms with Gasteiger partial charge in [-0.05, 0) is 91.3 Å². The minimum Gasteiger partial charge on any atom is -0.393 e. The monoisotopic (exact) mass is 476 g/mol. The molecule has 4 fully saturated rings. The molecule has 0 spiro atoms. The van der Waals surface area contributed by atoms with Crippen molar-refractivity contribution in [2.45, 2.75) is 112 Å². The van der Waals surface area contributed by atoms with Crippen molar-refractivity contribution in [3.8, 4) is 0 Å². The van der Waals surface area contributed by atoms with Crippen LogP contribution in [0.1, 0.15) is 87.5 Å². The molecule has 0 amide bonds. The van der Waals surface area contributed by atoms with Crippen LogP contribution in [-0.2, 0) is 0 Å². The molecule has 4 heteroatoms. The summed E-state index contributed by atoms with van der Waals surface area (Å²) in [5.74, 6) is 2.62. The maximum absolute atomic E-state index is 11.7. The number of hydrogen-bond donors (Lipinski definition) is 4. The Kier molecular flexibility index (Phi) is 7.17. The highest BCUT2D eigenvalue weighted by Gasteiger charge is 2.68. The third kappa shape index (κ3) is 3.85. The van der Waals surface area contributed by atoms with Crippen LogP contribution in [-0.4, -0.2) is 44.8 Å². The van der Waals surface area contributed by atoms with E-state index in [1.807, 2.05) is 6.92 Å². The summed E-state index contributed by atoms with van der Waals surface area (Å²) in [6, 6.07) is 0. The molecule has 0 aromatic carbocycles. The normalized spacial score (nSPS) is 53.1. The zero-order chi connectivity index (χ0) is 25.3. The standard InChI is InChI=1S/C30H52O4/c1-15(2)18(5)16(3)11-17(4)21-9-10-22-20-12-24(32)27-19(6)23(31)13-26(34)30(27,8)28(20)25(33)14-29(21,22)7/h11,15,17-28,31-34H,9-10,12-14H2,1-8H3/b16-11+/t17-,18-,19-,20+,21-,22+,23+,24-,25-,26+,27-,28-,29-,30+/m1/s1. The molecule has 0 radical (unpaired) electrons. The molecule has 4 rings (SSSR count). The Bertz CT molecular complexity index is 778. The lowest BCUT2D eigenvalue weighted by molar-refractivity contribution is -0.256. The van der Waals surface area contributed by atoms with Crippen molar-refractivity contribution in [2.75, 3.05) is 0 Å². The van der Waals surface area contributed by atoms with Crippen molar-refractivity contribution in [3.05, 3.63) is 11.6 Å². The van der Waals surface area contributed by atoms with Crippen LogP contribution in [0.15, 0.2) is 11.6 Å². The lowest BCUT2D eigenvalue weighted by Crippen LogP contribution is -2.68. The first-order valence-corrected chi connectivity index (χ1v) is 14.2. The quantitative estimate of drug-likeness (QED) is 0.429. The average molecular weight is 477 g/mol. The molecular weight excluding hydrogens is 424 g/mol. The van der Waals surface area contributed by atoms with E-state index in [0.717, 1.165) is 12.8 Å². The van der Waals surface area contributed by atoms with Gasteiger partial charge in [0.05, 0.1) is 24.4 Å². The van der Waals surface area contributed by atoms with Crippen molar-refractivity contribution in [2.24, 2.45) is 64.1 Å². The van der Waals surface area contributed by atoms with Gasteiger partial charge in [-0.2, -0.15) is 0 Å². The van der Waals surface area contributed by atoms with Crippen molar-refractivity contribution in [1.82, 2.24) is 0 Å². The van der Waals surface area contributed by atoms with Gasteiger partial charge in [0.2, 0.25) is 0 Å². The molecule has 0 unspecified atom stereocenters. The minimum atomic E-state index is -0.690. The predicted octanol–water partition coefficient (Wildman–Crippen LogP) is 5.04. The fourth-order valence-corrected chi connectivity index (χ4v) is 10.0. The fourth-order valence-electron chi connectivity index (χ4n) is 10.0. The van der Waals surface area contributed by atoms with Crippen LogP contribution in [0.3, 0.4) is 0 Å². The summed E-state index contributed by atoms with van der Waals surface area (Å²) in [6.45, 7) is 18.1. The smallest absolute Gasteiger partial charge is 0.0625 e. The Balaban J connectivity index is 1.65. The first-order valence-electron chi connectivity index (χ1n) is 14.2. The van der Waals surface area contributed by atoms with E-state index >= 15 is 0 Å². The van der Waals surface area contributed by atoms with E-state index in [4.69, 9.17) is 0 Å². The Morgan fingerprint density at radius 1 is 0.882 bits per heavy atom. The third-order valence-corrected chi connectivity index (χ3v) is 12.1. The van der Waals surface area contributed by atoms with Gasteiger partial charge in [0, 0.05) is 11.8 Å². The number of aliphatic hydroxyl groups is 4. The summed E-state index contributed by atoms with van der Waals surface area (Å²) in [5.41, 5.74) is 0.963. The van der Waals surface area contributed by atoms with Gasteiger partial charge in [-0.25, -0.2) is 0 Å². The van der Waals surface area contributed by atoms with E-state index in [9.17, 15) is 20.4 Å². The van der Waals surface area contributed by atoms with Crippen LogP contribution in [0, 0.1) is 64.1 Å². The maximum Gasteiger partial charge on any atom is 0.0625 e. The lowest BCUT2D eigenvalue weighted by Gasteiger charge is -2.66. The molecule has 4 nitrogen and oxygen atoms in total. The van der Waals surface area contributed by atoms with Gasteiger partial charge in [0.1, 0.15) is 0 Å². The first-order chi connectivity index (χ1) is 15.7. The average Bonchev–Trinajstić information content (AvgIpc) is 3.08. The second-order valence-electron chi connectivity index (χ2n) is 13.9. The maximum atomic E-state index is 11.7. The molecule has 34 heavy (non-hydrogen) atoms. The van der Waals surface area contributed by atoms with E-state index in [1.54, 1.807) is 0 Å². The Hall–Kier alpha value is -0.420. The highest BCUT2D eigenvalue weighted by atomic mass is 16.3. The van der Waals surface area contributed by atoms with Gasteiger partial charge in [0.15, 0.2) is 0 Å². The molecule has 4 N–H and O–H groups in total. The van der Waals surface area contributed by atoms with Crippen LogP contribution in [0.5, 0.6) is 0 Å². The summed E-state index contributed by atoms with van der Waals surface area (Å²) < 4.78 is 0. The topological polar surface area (TPSA) is 80.9 Å². The summed E-state index contributed by atoms with van der Waals surface area (Å²) in [6.07, 6.45) is 4.34.